The second-order valence-corrected chi connectivity index (χ2v) is 3.82. The van der Waals surface area contributed by atoms with Gasteiger partial charge in [-0.3, -0.25) is 4.90 Å². The number of nitrogens with zero attached hydrogens (tertiary/aromatic N) is 1. The molecule has 1 unspecified atom stereocenters. The predicted molar refractivity (Wildman–Crippen MR) is 62.9 cm³/mol. The van der Waals surface area contributed by atoms with E-state index in [4.69, 9.17) is 14.6 Å². The molecule has 6 heteroatoms. The highest BCUT2D eigenvalue weighted by molar-refractivity contribution is 5.92. The number of carboxylic acids is 1. The number of benzene rings is 1. The smallest absolute Gasteiger partial charge is 0.415 e. The highest BCUT2D eigenvalue weighted by atomic mass is 16.6. The van der Waals surface area contributed by atoms with Crippen LogP contribution in [0.4, 0.5) is 10.5 Å². The van der Waals surface area contributed by atoms with Crippen molar-refractivity contribution >= 4 is 17.7 Å². The molecule has 0 saturated carbocycles. The zero-order chi connectivity index (χ0) is 13.1. The van der Waals surface area contributed by atoms with Crippen molar-refractivity contribution < 1.29 is 24.2 Å². The van der Waals surface area contributed by atoms with Gasteiger partial charge in [-0.05, 0) is 12.1 Å². The molecule has 1 heterocycles. The fourth-order valence-electron chi connectivity index (χ4n) is 1.83. The van der Waals surface area contributed by atoms with E-state index in [1.165, 1.54) is 12.0 Å². The molecule has 1 aromatic carbocycles. The van der Waals surface area contributed by atoms with E-state index < -0.39 is 18.2 Å². The molecular weight excluding hydrogens is 238 g/mol. The van der Waals surface area contributed by atoms with Crippen LogP contribution in [0.15, 0.2) is 24.3 Å². The largest absolute Gasteiger partial charge is 0.495 e. The van der Waals surface area contributed by atoms with E-state index in [-0.39, 0.29) is 13.0 Å². The lowest BCUT2D eigenvalue weighted by Gasteiger charge is -2.30. The molecule has 0 bridgehead atoms. The van der Waals surface area contributed by atoms with Crippen LogP contribution >= 0.6 is 0 Å². The van der Waals surface area contributed by atoms with Crippen molar-refractivity contribution in [2.24, 2.45) is 0 Å². The minimum Gasteiger partial charge on any atom is -0.495 e. The third-order valence-electron chi connectivity index (χ3n) is 2.73. The van der Waals surface area contributed by atoms with Crippen molar-refractivity contribution in [3.8, 4) is 5.75 Å². The Bertz CT molecular complexity index is 473. The SMILES string of the molecule is COc1ccccc1N1CCC(C(=O)O)OC1=O. The van der Waals surface area contributed by atoms with E-state index >= 15 is 0 Å². The van der Waals surface area contributed by atoms with Crippen LogP contribution in [0, 0.1) is 0 Å². The van der Waals surface area contributed by atoms with Crippen molar-refractivity contribution in [2.75, 3.05) is 18.6 Å². The molecule has 1 saturated heterocycles. The Balaban J connectivity index is 2.20. The van der Waals surface area contributed by atoms with Gasteiger partial charge in [0.05, 0.1) is 12.8 Å². The molecule has 1 aliphatic rings. The van der Waals surface area contributed by atoms with Crippen LogP contribution in [0.2, 0.25) is 0 Å². The summed E-state index contributed by atoms with van der Waals surface area (Å²) in [6.07, 6.45) is -1.49. The first kappa shape index (κ1) is 12.2. The normalized spacial score (nSPS) is 19.3. The van der Waals surface area contributed by atoms with E-state index in [9.17, 15) is 9.59 Å². The minimum atomic E-state index is -1.12. The molecule has 1 amide bonds. The second-order valence-electron chi connectivity index (χ2n) is 3.82. The first-order valence-corrected chi connectivity index (χ1v) is 5.47. The van der Waals surface area contributed by atoms with Gasteiger partial charge < -0.3 is 14.6 Å². The first-order valence-electron chi connectivity index (χ1n) is 5.47. The summed E-state index contributed by atoms with van der Waals surface area (Å²) in [5.74, 6) is -0.578. The van der Waals surface area contributed by atoms with Gasteiger partial charge in [0.1, 0.15) is 5.75 Å². The number of hydrogen-bond donors (Lipinski definition) is 1. The summed E-state index contributed by atoms with van der Waals surface area (Å²) in [6, 6.07) is 7.01. The number of hydrogen-bond acceptors (Lipinski definition) is 4. The van der Waals surface area contributed by atoms with Crippen LogP contribution in [0.5, 0.6) is 5.75 Å². The van der Waals surface area contributed by atoms with Crippen molar-refractivity contribution in [3.05, 3.63) is 24.3 Å². The highest BCUT2D eigenvalue weighted by Gasteiger charge is 2.33. The lowest BCUT2D eigenvalue weighted by molar-refractivity contribution is -0.147. The van der Waals surface area contributed by atoms with Crippen LogP contribution in [-0.4, -0.2) is 36.9 Å². The molecule has 1 fully saturated rings. The monoisotopic (exact) mass is 251 g/mol. The molecule has 0 spiro atoms. The van der Waals surface area contributed by atoms with E-state index in [0.717, 1.165) is 0 Å². The number of para-hydroxylation sites is 2. The Kier molecular flexibility index (Phi) is 3.36. The fraction of sp³-hybridized carbons (Fsp3) is 0.333. The van der Waals surface area contributed by atoms with E-state index in [1.54, 1.807) is 24.3 Å². The number of anilines is 1. The maximum atomic E-state index is 11.8. The summed E-state index contributed by atoms with van der Waals surface area (Å²) in [6.45, 7) is 0.288. The van der Waals surface area contributed by atoms with Gasteiger partial charge >= 0.3 is 12.1 Å². The molecule has 1 aromatic rings. The highest BCUT2D eigenvalue weighted by Crippen LogP contribution is 2.30. The number of ether oxygens (including phenoxy) is 2. The predicted octanol–water partition coefficient (Wildman–Crippen LogP) is 1.50. The van der Waals surface area contributed by atoms with Crippen LogP contribution in [0.25, 0.3) is 0 Å². The molecule has 0 aromatic heterocycles. The molecule has 1 atom stereocenters. The molecule has 6 nitrogen and oxygen atoms in total. The van der Waals surface area contributed by atoms with Gasteiger partial charge in [0.15, 0.2) is 0 Å². The van der Waals surface area contributed by atoms with Crippen molar-refractivity contribution in [2.45, 2.75) is 12.5 Å². The lowest BCUT2D eigenvalue weighted by Crippen LogP contribution is -2.45. The van der Waals surface area contributed by atoms with Crippen LogP contribution in [0.3, 0.4) is 0 Å². The zero-order valence-electron chi connectivity index (χ0n) is 9.83. The molecule has 2 rings (SSSR count). The molecule has 0 aliphatic carbocycles. The maximum absolute atomic E-state index is 11.8. The average Bonchev–Trinajstić information content (AvgIpc) is 2.38. The van der Waals surface area contributed by atoms with E-state index in [0.29, 0.717) is 11.4 Å². The number of rotatable bonds is 3. The topological polar surface area (TPSA) is 76.1 Å². The molecule has 1 N–H and O–H groups in total. The fourth-order valence-corrected chi connectivity index (χ4v) is 1.83. The molecule has 1 aliphatic heterocycles. The summed E-state index contributed by atoms with van der Waals surface area (Å²) < 4.78 is 10.0. The number of cyclic esters (lactones) is 1. The first-order chi connectivity index (χ1) is 8.63. The number of amides is 1. The average molecular weight is 251 g/mol. The Hall–Kier alpha value is -2.24. The van der Waals surface area contributed by atoms with Crippen LogP contribution in [0.1, 0.15) is 6.42 Å². The van der Waals surface area contributed by atoms with Crippen LogP contribution < -0.4 is 9.64 Å². The maximum Gasteiger partial charge on any atom is 0.415 e. The summed E-state index contributed by atoms with van der Waals surface area (Å²) >= 11 is 0. The third kappa shape index (κ3) is 2.22. The van der Waals surface area contributed by atoms with Gasteiger partial charge in [-0.2, -0.15) is 0 Å². The lowest BCUT2D eigenvalue weighted by atomic mass is 10.2. The van der Waals surface area contributed by atoms with Crippen LogP contribution in [-0.2, 0) is 9.53 Å². The van der Waals surface area contributed by atoms with Crippen molar-refractivity contribution in [1.29, 1.82) is 0 Å². The van der Waals surface area contributed by atoms with Gasteiger partial charge in [0, 0.05) is 13.0 Å². The number of aliphatic carboxylic acids is 1. The summed E-state index contributed by atoms with van der Waals surface area (Å²) in [7, 11) is 1.51. The summed E-state index contributed by atoms with van der Waals surface area (Å²) in [5, 5.41) is 8.79. The van der Waals surface area contributed by atoms with Crippen molar-refractivity contribution in [3.63, 3.8) is 0 Å². The number of carbonyl (C=O) groups excluding carboxylic acids is 1. The molecule has 96 valence electrons. The molecule has 0 radical (unpaired) electrons. The third-order valence-corrected chi connectivity index (χ3v) is 2.73. The molecular formula is C12H13NO5. The Labute approximate surface area is 104 Å². The quantitative estimate of drug-likeness (QED) is 0.880. The second kappa shape index (κ2) is 4.95. The Morgan fingerprint density at radius 2 is 2.22 bits per heavy atom. The number of carboxylic acid groups (broad SMARTS) is 1. The molecule has 18 heavy (non-hydrogen) atoms. The van der Waals surface area contributed by atoms with Gasteiger partial charge in [-0.15, -0.1) is 0 Å². The number of methoxy groups -OCH3 is 1. The Morgan fingerprint density at radius 1 is 1.50 bits per heavy atom. The zero-order valence-corrected chi connectivity index (χ0v) is 9.83. The van der Waals surface area contributed by atoms with Gasteiger partial charge in [0.25, 0.3) is 0 Å². The summed E-state index contributed by atoms with van der Waals surface area (Å²) in [5.41, 5.74) is 0.578. The standard InChI is InChI=1S/C12H13NO5/c1-17-9-5-3-2-4-8(9)13-7-6-10(11(14)15)18-12(13)16/h2-5,10H,6-7H2,1H3,(H,14,15). The van der Waals surface area contributed by atoms with E-state index in [1.807, 2.05) is 0 Å². The minimum absolute atomic E-state index is 0.249. The Morgan fingerprint density at radius 3 is 2.83 bits per heavy atom. The van der Waals surface area contributed by atoms with Gasteiger partial charge in [0.2, 0.25) is 6.10 Å². The summed E-state index contributed by atoms with van der Waals surface area (Å²) in [4.78, 5) is 23.9. The number of carbonyl (C=O) groups is 2. The van der Waals surface area contributed by atoms with Gasteiger partial charge in [-0.25, -0.2) is 9.59 Å². The van der Waals surface area contributed by atoms with Crippen molar-refractivity contribution in [1.82, 2.24) is 0 Å². The van der Waals surface area contributed by atoms with Gasteiger partial charge in [-0.1, -0.05) is 12.1 Å². The van der Waals surface area contributed by atoms with E-state index in [2.05, 4.69) is 0 Å².